The smallest absolute Gasteiger partial charge is 0.268 e. The lowest BCUT2D eigenvalue weighted by molar-refractivity contribution is -0.127. The van der Waals surface area contributed by atoms with Gasteiger partial charge >= 0.3 is 0 Å². The molecule has 0 aliphatic carbocycles. The molecule has 0 saturated carbocycles. The van der Waals surface area contributed by atoms with E-state index in [4.69, 9.17) is 10.5 Å². The zero-order valence-corrected chi connectivity index (χ0v) is 13.6. The number of likely N-dealkylation sites (N-methyl/N-ethyl adjacent to an activating group) is 1. The second kappa shape index (κ2) is 6.06. The number of amides is 1. The Morgan fingerprint density at radius 2 is 1.95 bits per heavy atom. The van der Waals surface area contributed by atoms with E-state index in [9.17, 15) is 4.79 Å². The van der Waals surface area contributed by atoms with Crippen molar-refractivity contribution in [2.24, 2.45) is 17.6 Å². The van der Waals surface area contributed by atoms with Crippen molar-refractivity contribution in [2.75, 3.05) is 11.9 Å². The number of anilines is 1. The van der Waals surface area contributed by atoms with Crippen LogP contribution in [0.5, 0.6) is 5.75 Å². The summed E-state index contributed by atoms with van der Waals surface area (Å²) in [7, 11) is 1.80. The summed E-state index contributed by atoms with van der Waals surface area (Å²) in [5.41, 5.74) is 8.10. The molecule has 0 spiro atoms. The Balaban J connectivity index is 2.31. The van der Waals surface area contributed by atoms with Gasteiger partial charge in [0.05, 0.1) is 5.69 Å². The molecule has 1 aromatic carbocycles. The Bertz CT molecular complexity index is 526. The lowest BCUT2D eigenvalue weighted by Gasteiger charge is -2.34. The Hall–Kier alpha value is -1.55. The molecule has 0 saturated heterocycles. The summed E-state index contributed by atoms with van der Waals surface area (Å²) >= 11 is 0. The van der Waals surface area contributed by atoms with Crippen LogP contribution in [0.4, 0.5) is 5.69 Å². The minimum atomic E-state index is -0.405. The molecular formula is C17H26N2O2. The van der Waals surface area contributed by atoms with Gasteiger partial charge in [0.2, 0.25) is 0 Å². The van der Waals surface area contributed by atoms with Gasteiger partial charge in [0, 0.05) is 13.1 Å². The number of benzene rings is 1. The highest BCUT2D eigenvalue weighted by Crippen LogP contribution is 2.37. The Morgan fingerprint density at radius 1 is 1.29 bits per heavy atom. The van der Waals surface area contributed by atoms with Crippen molar-refractivity contribution in [3.8, 4) is 5.75 Å². The van der Waals surface area contributed by atoms with Gasteiger partial charge in [-0.3, -0.25) is 4.79 Å². The number of carbonyl (C=O) groups is 1. The first kappa shape index (κ1) is 15.8. The highest BCUT2D eigenvalue weighted by molar-refractivity contribution is 5.99. The maximum Gasteiger partial charge on any atom is 0.268 e. The summed E-state index contributed by atoms with van der Waals surface area (Å²) in [6.45, 7) is 8.30. The quantitative estimate of drug-likeness (QED) is 0.927. The summed E-state index contributed by atoms with van der Waals surface area (Å²) in [4.78, 5) is 14.0. The number of carbonyl (C=O) groups excluding carboxylic acids is 1. The van der Waals surface area contributed by atoms with Gasteiger partial charge < -0.3 is 15.4 Å². The van der Waals surface area contributed by atoms with E-state index in [2.05, 4.69) is 13.8 Å². The summed E-state index contributed by atoms with van der Waals surface area (Å²) in [5.74, 6) is 1.45. The van der Waals surface area contributed by atoms with Crippen LogP contribution in [-0.4, -0.2) is 19.1 Å². The summed E-state index contributed by atoms with van der Waals surface area (Å²) in [5, 5.41) is 0. The Kier molecular flexibility index (Phi) is 4.57. The first-order valence-electron chi connectivity index (χ1n) is 7.65. The number of fused-ring (bicyclic) bond motifs is 1. The molecule has 0 bridgehead atoms. The van der Waals surface area contributed by atoms with Crippen LogP contribution >= 0.6 is 0 Å². The van der Waals surface area contributed by atoms with Crippen molar-refractivity contribution in [2.45, 2.75) is 46.3 Å². The van der Waals surface area contributed by atoms with Crippen LogP contribution in [0.3, 0.4) is 0 Å². The van der Waals surface area contributed by atoms with Gasteiger partial charge in [0.15, 0.2) is 6.10 Å². The molecular weight excluding hydrogens is 264 g/mol. The van der Waals surface area contributed by atoms with Crippen LogP contribution < -0.4 is 15.4 Å². The number of nitrogens with two attached hydrogens (primary N) is 1. The highest BCUT2D eigenvalue weighted by atomic mass is 16.5. The lowest BCUT2D eigenvalue weighted by Crippen LogP contribution is -2.46. The third-order valence-corrected chi connectivity index (χ3v) is 3.93. The van der Waals surface area contributed by atoms with Crippen molar-refractivity contribution < 1.29 is 9.53 Å². The lowest BCUT2D eigenvalue weighted by atomic mass is 9.96. The van der Waals surface area contributed by atoms with E-state index in [0.717, 1.165) is 23.4 Å². The van der Waals surface area contributed by atoms with Crippen LogP contribution in [-0.2, 0) is 4.79 Å². The second-order valence-electron chi connectivity index (χ2n) is 6.64. The normalized spacial score (nSPS) is 19.7. The molecule has 2 atom stereocenters. The molecule has 2 rings (SSSR count). The molecule has 2 unspecified atom stereocenters. The summed E-state index contributed by atoms with van der Waals surface area (Å²) < 4.78 is 5.86. The zero-order valence-electron chi connectivity index (χ0n) is 13.6. The molecule has 1 aliphatic heterocycles. The minimum Gasteiger partial charge on any atom is -0.478 e. The number of hydrogen-bond donors (Lipinski definition) is 1. The summed E-state index contributed by atoms with van der Waals surface area (Å²) in [6.07, 6.45) is 0.518. The van der Waals surface area contributed by atoms with Crippen molar-refractivity contribution in [1.29, 1.82) is 0 Å². The Morgan fingerprint density at radius 3 is 2.52 bits per heavy atom. The maximum atomic E-state index is 12.4. The number of rotatable bonds is 4. The van der Waals surface area contributed by atoms with Gasteiger partial charge in [0.1, 0.15) is 5.75 Å². The second-order valence-corrected chi connectivity index (χ2v) is 6.64. The van der Waals surface area contributed by atoms with E-state index >= 15 is 0 Å². The molecule has 1 aliphatic rings. The monoisotopic (exact) mass is 290 g/mol. The largest absolute Gasteiger partial charge is 0.478 e. The van der Waals surface area contributed by atoms with E-state index in [1.165, 1.54) is 0 Å². The van der Waals surface area contributed by atoms with Crippen LogP contribution in [0.2, 0.25) is 0 Å². The predicted molar refractivity (Wildman–Crippen MR) is 85.5 cm³/mol. The van der Waals surface area contributed by atoms with E-state index in [0.29, 0.717) is 5.92 Å². The molecule has 0 fully saturated rings. The molecule has 4 heteroatoms. The molecule has 4 nitrogen and oxygen atoms in total. The maximum absolute atomic E-state index is 12.4. The van der Waals surface area contributed by atoms with E-state index in [-0.39, 0.29) is 17.9 Å². The van der Waals surface area contributed by atoms with Gasteiger partial charge in [-0.05, 0) is 36.0 Å². The topological polar surface area (TPSA) is 55.6 Å². The third-order valence-electron chi connectivity index (χ3n) is 3.93. The molecule has 1 aromatic rings. The molecule has 21 heavy (non-hydrogen) atoms. The molecule has 0 radical (unpaired) electrons. The molecule has 116 valence electrons. The average molecular weight is 290 g/mol. The van der Waals surface area contributed by atoms with Gasteiger partial charge in [-0.2, -0.15) is 0 Å². The standard InChI is InChI=1S/C17H26N2O2/c1-10(2)8-13(18)12-6-7-15-14(9-12)19(5)17(20)16(21-15)11(3)4/h6-7,9-11,13,16H,8,18H2,1-5H3. The minimum absolute atomic E-state index is 0.00656. The fourth-order valence-corrected chi connectivity index (χ4v) is 2.69. The number of ether oxygens (including phenoxy) is 1. The van der Waals surface area contributed by atoms with Gasteiger partial charge in [0.25, 0.3) is 5.91 Å². The number of nitrogens with zero attached hydrogens (tertiary/aromatic N) is 1. The Labute approximate surface area is 127 Å². The van der Waals surface area contributed by atoms with Crippen LogP contribution in [0, 0.1) is 11.8 Å². The van der Waals surface area contributed by atoms with E-state index < -0.39 is 6.10 Å². The first-order chi connectivity index (χ1) is 9.81. The van der Waals surface area contributed by atoms with Crippen molar-refractivity contribution >= 4 is 11.6 Å². The molecule has 1 heterocycles. The van der Waals surface area contributed by atoms with Crippen molar-refractivity contribution in [3.05, 3.63) is 23.8 Å². The van der Waals surface area contributed by atoms with Crippen LogP contribution in [0.15, 0.2) is 18.2 Å². The zero-order chi connectivity index (χ0) is 15.7. The number of hydrogen-bond acceptors (Lipinski definition) is 3. The predicted octanol–water partition coefficient (Wildman–Crippen LogP) is 3.11. The SMILES string of the molecule is CC(C)CC(N)c1ccc2c(c1)N(C)C(=O)C(C(C)C)O2. The van der Waals surface area contributed by atoms with Crippen molar-refractivity contribution in [3.63, 3.8) is 0 Å². The average Bonchev–Trinajstić information content (AvgIpc) is 2.41. The first-order valence-corrected chi connectivity index (χ1v) is 7.65. The van der Waals surface area contributed by atoms with Crippen LogP contribution in [0.25, 0.3) is 0 Å². The van der Waals surface area contributed by atoms with Gasteiger partial charge in [-0.1, -0.05) is 33.8 Å². The van der Waals surface area contributed by atoms with Crippen molar-refractivity contribution in [1.82, 2.24) is 0 Å². The van der Waals surface area contributed by atoms with E-state index in [1.807, 2.05) is 32.0 Å². The highest BCUT2D eigenvalue weighted by Gasteiger charge is 2.34. The molecule has 2 N–H and O–H groups in total. The van der Waals surface area contributed by atoms with E-state index in [1.54, 1.807) is 11.9 Å². The van der Waals surface area contributed by atoms with Crippen LogP contribution in [0.1, 0.15) is 45.7 Å². The van der Waals surface area contributed by atoms with Gasteiger partial charge in [-0.25, -0.2) is 0 Å². The van der Waals surface area contributed by atoms with Gasteiger partial charge in [-0.15, -0.1) is 0 Å². The summed E-state index contributed by atoms with van der Waals surface area (Å²) in [6, 6.07) is 5.91. The molecule has 1 amide bonds. The molecule has 0 aromatic heterocycles. The third kappa shape index (κ3) is 3.21. The fraction of sp³-hybridized carbons (Fsp3) is 0.588. The fourth-order valence-electron chi connectivity index (χ4n) is 2.69.